The van der Waals surface area contributed by atoms with E-state index >= 15 is 0 Å². The maximum Gasteiger partial charge on any atom is 0.238 e. The van der Waals surface area contributed by atoms with Crippen molar-refractivity contribution in [3.05, 3.63) is 73.2 Å². The molecule has 1 aromatic carbocycles. The Bertz CT molecular complexity index is 1760. The zero-order valence-electron chi connectivity index (χ0n) is 20.6. The van der Waals surface area contributed by atoms with Gasteiger partial charge in [0.05, 0.1) is 40.9 Å². The second kappa shape index (κ2) is 8.99. The first kappa shape index (κ1) is 22.6. The summed E-state index contributed by atoms with van der Waals surface area (Å²) in [5.74, 6) is 0.718. The van der Waals surface area contributed by atoms with Crippen LogP contribution in [0, 0.1) is 6.92 Å². The molecule has 5 heterocycles. The Balaban J connectivity index is 1.38. The lowest BCUT2D eigenvalue weighted by molar-refractivity contribution is -0.116. The predicted molar refractivity (Wildman–Crippen MR) is 143 cm³/mol. The lowest BCUT2D eigenvalue weighted by atomic mass is 10.0. The van der Waals surface area contributed by atoms with Gasteiger partial charge in [-0.3, -0.25) is 19.4 Å². The van der Waals surface area contributed by atoms with Crippen molar-refractivity contribution in [2.45, 2.75) is 6.92 Å². The van der Waals surface area contributed by atoms with Gasteiger partial charge in [-0.15, -0.1) is 0 Å². The lowest BCUT2D eigenvalue weighted by Crippen LogP contribution is -2.27. The molecule has 0 unspecified atom stereocenters. The van der Waals surface area contributed by atoms with E-state index in [2.05, 4.69) is 47.6 Å². The minimum Gasteiger partial charge on any atom is -0.353 e. The molecule has 0 bridgehead atoms. The van der Waals surface area contributed by atoms with Crippen molar-refractivity contribution in [2.24, 2.45) is 0 Å². The van der Waals surface area contributed by atoms with Gasteiger partial charge in [-0.2, -0.15) is 5.10 Å². The molecule has 0 radical (unpaired) electrons. The third-order valence-electron chi connectivity index (χ3n) is 6.12. The first-order valence-corrected chi connectivity index (χ1v) is 11.8. The smallest absolute Gasteiger partial charge is 0.238 e. The first-order valence-electron chi connectivity index (χ1n) is 11.8. The van der Waals surface area contributed by atoms with Gasteiger partial charge in [0.15, 0.2) is 0 Å². The summed E-state index contributed by atoms with van der Waals surface area (Å²) in [6, 6.07) is 12.0. The average molecular weight is 492 g/mol. The van der Waals surface area contributed by atoms with Crippen LogP contribution in [0.1, 0.15) is 5.69 Å². The van der Waals surface area contributed by atoms with E-state index in [-0.39, 0.29) is 5.91 Å². The van der Waals surface area contributed by atoms with Gasteiger partial charge in [0.2, 0.25) is 5.91 Å². The summed E-state index contributed by atoms with van der Waals surface area (Å²) >= 11 is 0. The number of anilines is 1. The summed E-state index contributed by atoms with van der Waals surface area (Å²) in [4.78, 5) is 30.8. The van der Waals surface area contributed by atoms with Crippen LogP contribution in [-0.4, -0.2) is 66.1 Å². The van der Waals surface area contributed by atoms with Crippen molar-refractivity contribution >= 4 is 33.4 Å². The van der Waals surface area contributed by atoms with Crippen molar-refractivity contribution in [3.8, 4) is 28.3 Å². The van der Waals surface area contributed by atoms with Crippen LogP contribution in [-0.2, 0) is 4.79 Å². The molecule has 0 aliphatic rings. The fourth-order valence-corrected chi connectivity index (χ4v) is 4.46. The van der Waals surface area contributed by atoms with Gasteiger partial charge >= 0.3 is 0 Å². The highest BCUT2D eigenvalue weighted by Gasteiger charge is 2.15. The summed E-state index contributed by atoms with van der Waals surface area (Å²) in [5.41, 5.74) is 7.03. The molecule has 0 fully saturated rings. The van der Waals surface area contributed by atoms with Crippen molar-refractivity contribution in [3.63, 3.8) is 0 Å². The van der Waals surface area contributed by atoms with Crippen LogP contribution in [0.15, 0.2) is 67.5 Å². The van der Waals surface area contributed by atoms with Gasteiger partial charge in [-0.1, -0.05) is 6.07 Å². The molecule has 184 valence electrons. The van der Waals surface area contributed by atoms with Gasteiger partial charge in [0.1, 0.15) is 17.8 Å². The van der Waals surface area contributed by atoms with Crippen LogP contribution in [0.5, 0.6) is 0 Å². The van der Waals surface area contributed by atoms with Gasteiger partial charge < -0.3 is 15.2 Å². The largest absolute Gasteiger partial charge is 0.353 e. The SMILES string of the molecule is Cc1cn(-c2nccc3[nH]c(-c4n[nH]c5ccc(-c6cncc(NC(=O)CN(C)C)c6)cc45)cc23)cn1. The number of likely N-dealkylation sites (N-methyl/N-ethyl adjacent to an activating group) is 1. The van der Waals surface area contributed by atoms with Crippen LogP contribution in [0.3, 0.4) is 0 Å². The number of carbonyl (C=O) groups excluding carboxylic acids is 1. The Morgan fingerprint density at radius 2 is 1.92 bits per heavy atom. The van der Waals surface area contributed by atoms with E-state index in [0.29, 0.717) is 12.2 Å². The summed E-state index contributed by atoms with van der Waals surface area (Å²) in [6.45, 7) is 2.26. The number of aromatic nitrogens is 7. The van der Waals surface area contributed by atoms with E-state index in [1.165, 1.54) is 0 Å². The van der Waals surface area contributed by atoms with E-state index in [1.54, 1.807) is 24.9 Å². The van der Waals surface area contributed by atoms with Gasteiger partial charge in [-0.05, 0) is 56.9 Å². The zero-order valence-corrected chi connectivity index (χ0v) is 20.6. The highest BCUT2D eigenvalue weighted by molar-refractivity contribution is 5.99. The third kappa shape index (κ3) is 4.34. The van der Waals surface area contributed by atoms with E-state index < -0.39 is 0 Å². The fourth-order valence-electron chi connectivity index (χ4n) is 4.46. The zero-order chi connectivity index (χ0) is 25.5. The molecule has 0 saturated carbocycles. The summed E-state index contributed by atoms with van der Waals surface area (Å²) in [6.07, 6.45) is 8.94. The van der Waals surface area contributed by atoms with Crippen LogP contribution in [0.4, 0.5) is 5.69 Å². The Labute approximate surface area is 212 Å². The number of hydrogen-bond acceptors (Lipinski definition) is 6. The standard InChI is InChI=1S/C27H25N9O/c1-16-13-36(15-30-16)27-21-10-24(32-22(21)6-7-29-27)26-20-9-17(4-5-23(20)33-34-26)18-8-19(12-28-11-18)31-25(37)14-35(2)3/h4-13,15,32H,14H2,1-3H3,(H,31,37)(H,33,34). The molecule has 0 atom stereocenters. The van der Waals surface area contributed by atoms with Crippen LogP contribution in [0.2, 0.25) is 0 Å². The van der Waals surface area contributed by atoms with Crippen molar-refractivity contribution in [1.82, 2.24) is 39.6 Å². The number of carbonyl (C=O) groups is 1. The maximum atomic E-state index is 12.2. The summed E-state index contributed by atoms with van der Waals surface area (Å²) in [5, 5.41) is 12.6. The topological polar surface area (TPSA) is 120 Å². The van der Waals surface area contributed by atoms with E-state index in [0.717, 1.165) is 55.8 Å². The molecule has 0 aliphatic heterocycles. The number of amides is 1. The Morgan fingerprint density at radius 1 is 1.03 bits per heavy atom. The number of H-pyrrole nitrogens is 2. The lowest BCUT2D eigenvalue weighted by Gasteiger charge is -2.11. The summed E-state index contributed by atoms with van der Waals surface area (Å²) < 4.78 is 1.92. The van der Waals surface area contributed by atoms with Crippen molar-refractivity contribution < 1.29 is 4.79 Å². The average Bonchev–Trinajstić information content (AvgIpc) is 3.60. The second-order valence-corrected chi connectivity index (χ2v) is 9.28. The number of rotatable bonds is 6. The number of hydrogen-bond donors (Lipinski definition) is 3. The highest BCUT2D eigenvalue weighted by Crippen LogP contribution is 2.33. The van der Waals surface area contributed by atoms with Gasteiger partial charge in [0, 0.05) is 34.9 Å². The number of imidazole rings is 1. The predicted octanol–water partition coefficient (Wildman–Crippen LogP) is 4.16. The number of nitrogens with zero attached hydrogens (tertiary/aromatic N) is 6. The van der Waals surface area contributed by atoms with E-state index in [4.69, 9.17) is 0 Å². The van der Waals surface area contributed by atoms with Crippen LogP contribution in [0.25, 0.3) is 50.1 Å². The fraction of sp³-hybridized carbons (Fsp3) is 0.148. The number of benzene rings is 1. The van der Waals surface area contributed by atoms with E-state index in [9.17, 15) is 4.79 Å². The molecule has 0 aliphatic carbocycles. The quantitative estimate of drug-likeness (QED) is 0.322. The molecular formula is C27H25N9O. The van der Waals surface area contributed by atoms with Gasteiger partial charge in [0.25, 0.3) is 0 Å². The Kier molecular flexibility index (Phi) is 5.50. The number of aryl methyl sites for hydroxylation is 1. The number of fused-ring (bicyclic) bond motifs is 2. The van der Waals surface area contributed by atoms with Crippen LogP contribution >= 0.6 is 0 Å². The minimum absolute atomic E-state index is 0.0879. The molecule has 5 aromatic heterocycles. The molecule has 6 rings (SSSR count). The normalized spacial score (nSPS) is 11.6. The number of nitrogens with one attached hydrogen (secondary N) is 3. The second-order valence-electron chi connectivity index (χ2n) is 9.28. The highest BCUT2D eigenvalue weighted by atomic mass is 16.2. The Morgan fingerprint density at radius 3 is 2.73 bits per heavy atom. The molecular weight excluding hydrogens is 466 g/mol. The molecule has 6 aromatic rings. The minimum atomic E-state index is -0.0879. The first-order chi connectivity index (χ1) is 17.9. The van der Waals surface area contributed by atoms with Crippen LogP contribution < -0.4 is 5.32 Å². The molecule has 3 N–H and O–H groups in total. The monoisotopic (exact) mass is 491 g/mol. The third-order valence-corrected chi connectivity index (χ3v) is 6.12. The summed E-state index contributed by atoms with van der Waals surface area (Å²) in [7, 11) is 3.71. The molecule has 1 amide bonds. The molecule has 10 heteroatoms. The van der Waals surface area contributed by atoms with Crippen molar-refractivity contribution in [1.29, 1.82) is 0 Å². The molecule has 0 spiro atoms. The number of aromatic amines is 2. The molecule has 37 heavy (non-hydrogen) atoms. The Hall–Kier alpha value is -4.83. The van der Waals surface area contributed by atoms with Gasteiger partial charge in [-0.25, -0.2) is 9.97 Å². The van der Waals surface area contributed by atoms with Crippen molar-refractivity contribution in [2.75, 3.05) is 26.0 Å². The number of pyridine rings is 2. The maximum absolute atomic E-state index is 12.2. The molecule has 0 saturated heterocycles. The van der Waals surface area contributed by atoms with E-state index in [1.807, 2.05) is 60.9 Å². The molecule has 10 nitrogen and oxygen atoms in total.